The van der Waals surface area contributed by atoms with E-state index in [1.165, 1.54) is 0 Å². The first-order valence-electron chi connectivity index (χ1n) is 21.0. The largest absolute Gasteiger partial charge is 0.393 e. The van der Waals surface area contributed by atoms with Crippen molar-refractivity contribution in [3.8, 4) is 0 Å². The molecule has 7 heterocycles. The second kappa shape index (κ2) is 17.7. The molecular formula is C42H67NO11. The molecular weight excluding hydrogens is 694 g/mol. The van der Waals surface area contributed by atoms with Gasteiger partial charge in [-0.2, -0.15) is 0 Å². The maximum atomic E-state index is 14.1. The van der Waals surface area contributed by atoms with Gasteiger partial charge in [0.1, 0.15) is 11.9 Å². The first kappa shape index (κ1) is 40.9. The van der Waals surface area contributed by atoms with Crippen LogP contribution < -0.4 is 5.73 Å². The highest BCUT2D eigenvalue weighted by molar-refractivity contribution is 5.79. The van der Waals surface area contributed by atoms with Crippen molar-refractivity contribution in [1.29, 1.82) is 0 Å². The van der Waals surface area contributed by atoms with Gasteiger partial charge in [0.05, 0.1) is 86.0 Å². The molecule has 8 bridgehead atoms. The topological polar surface area (TPSA) is 157 Å². The zero-order valence-electron chi connectivity index (χ0n) is 32.8. The molecule has 0 radical (unpaired) electrons. The summed E-state index contributed by atoms with van der Waals surface area (Å²) in [5, 5.41) is 21.7. The summed E-state index contributed by atoms with van der Waals surface area (Å²) in [6.45, 7) is 13.6. The van der Waals surface area contributed by atoms with E-state index in [-0.39, 0.29) is 111 Å². The maximum Gasteiger partial charge on any atom is 0.171 e. The Morgan fingerprint density at radius 3 is 2.41 bits per heavy atom. The molecule has 7 saturated heterocycles. The fourth-order valence-electron chi connectivity index (χ4n) is 10.6. The summed E-state index contributed by atoms with van der Waals surface area (Å²) in [4.78, 5) is 14.1. The lowest BCUT2D eigenvalue weighted by atomic mass is 9.81. The summed E-state index contributed by atoms with van der Waals surface area (Å²) in [6, 6.07) is 0. The average Bonchev–Trinajstić information content (AvgIpc) is 3.67. The van der Waals surface area contributed by atoms with Crippen LogP contribution in [0.2, 0.25) is 0 Å². The van der Waals surface area contributed by atoms with Gasteiger partial charge in [-0.05, 0) is 68.4 Å². The minimum absolute atomic E-state index is 0.0194. The third-order valence-corrected chi connectivity index (χ3v) is 13.6. The third-order valence-electron chi connectivity index (χ3n) is 13.6. The molecule has 0 amide bonds. The van der Waals surface area contributed by atoms with Crippen molar-refractivity contribution in [2.45, 2.75) is 201 Å². The molecule has 1 spiro atoms. The number of rotatable bonds is 5. The van der Waals surface area contributed by atoms with Crippen LogP contribution in [0.15, 0.2) is 24.3 Å². The van der Waals surface area contributed by atoms with Gasteiger partial charge < -0.3 is 53.8 Å². The van der Waals surface area contributed by atoms with Gasteiger partial charge in [0, 0.05) is 64.5 Å². The van der Waals surface area contributed by atoms with Crippen molar-refractivity contribution in [3.05, 3.63) is 24.3 Å². The van der Waals surface area contributed by atoms with Crippen LogP contribution >= 0.6 is 0 Å². The minimum Gasteiger partial charge on any atom is -0.393 e. The van der Waals surface area contributed by atoms with E-state index in [0.717, 1.165) is 49.7 Å². The number of aliphatic hydroxyl groups is 2. The van der Waals surface area contributed by atoms with Crippen LogP contribution in [0.3, 0.4) is 0 Å². The average molecular weight is 762 g/mol. The molecule has 0 saturated carbocycles. The van der Waals surface area contributed by atoms with E-state index in [1.807, 2.05) is 0 Å². The highest BCUT2D eigenvalue weighted by Gasteiger charge is 2.51. The zero-order chi connectivity index (χ0) is 38.1. The fourth-order valence-corrected chi connectivity index (χ4v) is 10.6. The highest BCUT2D eigenvalue weighted by atomic mass is 16.7. The van der Waals surface area contributed by atoms with Gasteiger partial charge in [-0.3, -0.25) is 4.79 Å². The summed E-state index contributed by atoms with van der Waals surface area (Å²) in [5.41, 5.74) is 7.96. The van der Waals surface area contributed by atoms with E-state index in [1.54, 1.807) is 7.11 Å². The van der Waals surface area contributed by atoms with E-state index < -0.39 is 24.1 Å². The number of carbonyl (C=O) groups is 1. The Balaban J connectivity index is 1.16. The van der Waals surface area contributed by atoms with Crippen molar-refractivity contribution in [3.63, 3.8) is 0 Å². The Hall–Kier alpha value is -1.29. The Morgan fingerprint density at radius 1 is 0.870 bits per heavy atom. The molecule has 306 valence electrons. The second-order valence-corrected chi connectivity index (χ2v) is 17.5. The lowest BCUT2D eigenvalue weighted by Gasteiger charge is -2.44. The summed E-state index contributed by atoms with van der Waals surface area (Å²) < 4.78 is 53.2. The van der Waals surface area contributed by atoms with Gasteiger partial charge in [0.25, 0.3) is 0 Å². The molecule has 0 aromatic rings. The molecule has 4 N–H and O–H groups in total. The molecule has 7 rings (SSSR count). The molecule has 54 heavy (non-hydrogen) atoms. The van der Waals surface area contributed by atoms with E-state index in [2.05, 4.69) is 27.0 Å². The number of Topliss-reactive ketones (excluding diaryl/α,β-unsaturated/α-hetero) is 1. The molecule has 12 heteroatoms. The van der Waals surface area contributed by atoms with Crippen molar-refractivity contribution < 1.29 is 52.9 Å². The second-order valence-electron chi connectivity index (χ2n) is 17.5. The monoisotopic (exact) mass is 761 g/mol. The number of carbonyl (C=O) groups excluding carboxylic acids is 1. The van der Waals surface area contributed by atoms with Gasteiger partial charge in [-0.15, -0.1) is 0 Å². The number of fused-ring (bicyclic) bond motifs is 8. The van der Waals surface area contributed by atoms with Gasteiger partial charge in [0.2, 0.25) is 0 Å². The number of ether oxygens (including phenoxy) is 8. The summed E-state index contributed by atoms with van der Waals surface area (Å²) in [5.74, 6) is -0.888. The van der Waals surface area contributed by atoms with Crippen LogP contribution in [0.1, 0.15) is 110 Å². The number of aliphatic hydroxyl groups excluding tert-OH is 2. The highest BCUT2D eigenvalue weighted by Crippen LogP contribution is 2.44. The summed E-state index contributed by atoms with van der Waals surface area (Å²) in [6.07, 6.45) is 4.86. The van der Waals surface area contributed by atoms with Crippen LogP contribution in [0.25, 0.3) is 0 Å². The Bertz CT molecular complexity index is 1310. The first-order valence-corrected chi connectivity index (χ1v) is 21.0. The van der Waals surface area contributed by atoms with E-state index >= 15 is 0 Å². The number of hydrogen-bond acceptors (Lipinski definition) is 12. The van der Waals surface area contributed by atoms with Crippen molar-refractivity contribution in [2.24, 2.45) is 17.6 Å². The SMILES string of the molecule is C=C1C2C[C@H]3OC(CC(O)CN)[C@H](OC)C3CC(=O)CC3CCC4O[C@H](CC)C5C[C@H](O)C[C@](CC[C@H]6CC(=C)[C@H](CCC(C[C@H]1C)O2)O6)(OC[C@H]4O3)O5. The molecule has 7 aliphatic heterocycles. The number of ketones is 1. The van der Waals surface area contributed by atoms with Crippen molar-refractivity contribution in [2.75, 3.05) is 20.3 Å². The fraction of sp³-hybridized carbons (Fsp3) is 0.881. The van der Waals surface area contributed by atoms with Crippen molar-refractivity contribution in [1.82, 2.24) is 0 Å². The maximum absolute atomic E-state index is 14.1. The smallest absolute Gasteiger partial charge is 0.171 e. The van der Waals surface area contributed by atoms with Crippen LogP contribution in [-0.4, -0.2) is 128 Å². The predicted octanol–water partition coefficient (Wildman–Crippen LogP) is 4.45. The predicted molar refractivity (Wildman–Crippen MR) is 200 cm³/mol. The standard InChI is InChI=1S/C42H67NO11/c1-6-33-38-17-27(45)20-42(54-38)12-11-31-14-24(3)34(49-31)9-7-29-13-23(2)25(4)36(50-29)19-37-32(41(47-5)39(53-37)18-28(46)21-43)16-26(44)15-30-8-10-35(52-33)40(51-30)22-48-42/h23,27-41,45-46H,3-4,6-22,43H2,1-2,5H3/t23-,27+,28?,29?,30?,31+,32?,33-,34+,35?,36?,37-,38?,39?,40-,41-,42-/m1/s1. The Kier molecular flexibility index (Phi) is 13.4. The molecule has 8 unspecified atom stereocenters. The van der Waals surface area contributed by atoms with E-state index in [0.29, 0.717) is 44.9 Å². The number of nitrogens with two attached hydrogens (primary N) is 1. The Labute approximate surface area is 321 Å². The molecule has 7 fully saturated rings. The van der Waals surface area contributed by atoms with Crippen LogP contribution in [-0.2, 0) is 42.7 Å². The summed E-state index contributed by atoms with van der Waals surface area (Å²) in [7, 11) is 1.65. The molecule has 7 aliphatic rings. The number of methoxy groups -OCH3 is 1. The normalized spacial score (nSPS) is 47.2. The molecule has 12 nitrogen and oxygen atoms in total. The molecule has 0 aromatic heterocycles. The first-order chi connectivity index (χ1) is 26.0. The molecule has 0 aromatic carbocycles. The van der Waals surface area contributed by atoms with Crippen LogP contribution in [0.5, 0.6) is 0 Å². The minimum atomic E-state index is -0.996. The summed E-state index contributed by atoms with van der Waals surface area (Å²) >= 11 is 0. The number of hydrogen-bond donors (Lipinski definition) is 3. The van der Waals surface area contributed by atoms with Crippen LogP contribution in [0, 0.1) is 11.8 Å². The third kappa shape index (κ3) is 9.20. The van der Waals surface area contributed by atoms with Gasteiger partial charge in [-0.25, -0.2) is 0 Å². The quantitative estimate of drug-likeness (QED) is 0.339. The molecule has 17 atom stereocenters. The van der Waals surface area contributed by atoms with E-state index in [9.17, 15) is 15.0 Å². The van der Waals surface area contributed by atoms with Crippen LogP contribution in [0.4, 0.5) is 0 Å². The lowest BCUT2D eigenvalue weighted by Crippen LogP contribution is -2.52. The van der Waals surface area contributed by atoms with Crippen molar-refractivity contribution >= 4 is 5.78 Å². The van der Waals surface area contributed by atoms with E-state index in [4.69, 9.17) is 43.6 Å². The van der Waals surface area contributed by atoms with Gasteiger partial charge >= 0.3 is 0 Å². The molecule has 0 aliphatic carbocycles. The zero-order valence-corrected chi connectivity index (χ0v) is 32.8. The Morgan fingerprint density at radius 2 is 1.63 bits per heavy atom. The lowest BCUT2D eigenvalue weighted by molar-refractivity contribution is -0.311. The van der Waals surface area contributed by atoms with Gasteiger partial charge in [0.15, 0.2) is 5.79 Å². The van der Waals surface area contributed by atoms with Gasteiger partial charge in [-0.1, -0.05) is 27.0 Å².